The van der Waals surface area contributed by atoms with Crippen molar-refractivity contribution in [1.29, 1.82) is 0 Å². The highest BCUT2D eigenvalue weighted by Crippen LogP contribution is 2.25. The van der Waals surface area contributed by atoms with E-state index in [-0.39, 0.29) is 23.4 Å². The van der Waals surface area contributed by atoms with E-state index in [0.717, 1.165) is 18.4 Å². The third-order valence-corrected chi connectivity index (χ3v) is 7.40. The summed E-state index contributed by atoms with van der Waals surface area (Å²) in [7, 11) is 0. The van der Waals surface area contributed by atoms with Crippen molar-refractivity contribution < 1.29 is 35.1 Å². The number of aliphatic hydroxyl groups is 4. The second kappa shape index (κ2) is 20.2. The van der Waals surface area contributed by atoms with Gasteiger partial charge in [0.25, 0.3) is 0 Å². The summed E-state index contributed by atoms with van der Waals surface area (Å²) in [5, 5.41) is 53.5. The number of carboxylic acids is 1. The maximum atomic E-state index is 12.1. The molecule has 9 heteroatoms. The Bertz CT molecular complexity index is 1060. The van der Waals surface area contributed by atoms with E-state index in [1.165, 1.54) is 12.2 Å². The van der Waals surface area contributed by atoms with Crippen LogP contribution in [0.2, 0.25) is 0 Å². The molecule has 0 aromatic carbocycles. The van der Waals surface area contributed by atoms with E-state index in [1.54, 1.807) is 49.5 Å². The molecule has 0 radical (unpaired) electrons. The van der Waals surface area contributed by atoms with Crippen molar-refractivity contribution in [2.24, 2.45) is 17.8 Å². The van der Waals surface area contributed by atoms with Crippen LogP contribution in [-0.4, -0.2) is 67.9 Å². The van der Waals surface area contributed by atoms with Gasteiger partial charge in [-0.1, -0.05) is 105 Å². The highest BCUT2D eigenvalue weighted by Gasteiger charge is 2.31. The molecule has 7 unspecified atom stereocenters. The zero-order valence-corrected chi connectivity index (χ0v) is 25.8. The number of rotatable bonds is 16. The van der Waals surface area contributed by atoms with Crippen molar-refractivity contribution >= 4 is 23.5 Å². The van der Waals surface area contributed by atoms with Crippen molar-refractivity contribution in [3.05, 3.63) is 83.5 Å². The van der Waals surface area contributed by atoms with Crippen molar-refractivity contribution in [1.82, 2.24) is 5.32 Å². The van der Waals surface area contributed by atoms with Gasteiger partial charge in [-0.25, -0.2) is 0 Å². The van der Waals surface area contributed by atoms with E-state index in [0.29, 0.717) is 18.8 Å². The fourth-order valence-corrected chi connectivity index (χ4v) is 4.54. The van der Waals surface area contributed by atoms with E-state index in [1.807, 2.05) is 39.0 Å². The Morgan fingerprint density at radius 3 is 2.19 bits per heavy atom. The van der Waals surface area contributed by atoms with Crippen molar-refractivity contribution in [3.8, 4) is 0 Å². The van der Waals surface area contributed by atoms with Gasteiger partial charge in [0.1, 0.15) is 6.10 Å². The third kappa shape index (κ3) is 15.5. The summed E-state index contributed by atoms with van der Waals surface area (Å²) in [4.78, 5) is 23.3. The molecule has 0 bridgehead atoms. The average Bonchev–Trinajstić information content (AvgIpc) is 2.94. The van der Waals surface area contributed by atoms with Gasteiger partial charge >= 0.3 is 5.97 Å². The summed E-state index contributed by atoms with van der Waals surface area (Å²) in [5.41, 5.74) is 0.899. The monoisotopic (exact) mass is 605 g/mol. The second-order valence-electron chi connectivity index (χ2n) is 11.1. The highest BCUT2D eigenvalue weighted by molar-refractivity contribution is 6.30. The molecule has 234 valence electrons. The quantitative estimate of drug-likeness (QED) is 0.110. The SMILES string of the molecule is CC(/C=C/C=C/C(=O)NC1CCCC(C(=O)O)C1)=C\C=C\C=C(/Cl)C(C)C(O)C(O)C(O)CC(O)/C=C/C=C/C(C)C. The lowest BCUT2D eigenvalue weighted by atomic mass is 9.86. The molecule has 0 saturated heterocycles. The standard InChI is InChI=1S/C33H48ClNO7/c1-22(2)12-5-8-17-27(36)21-29(37)32(40)31(39)24(4)28(34)18-9-6-13-23(3)14-7-10-19-30(38)35-26-16-11-15-25(20-26)33(41)42/h5-10,12-14,17-19,22,24-27,29,31-32,36-37,39-40H,11,15-16,20-21H2,1-4H3,(H,35,38)(H,41,42)/b9-6+,12-5+,14-7+,17-8+,19-10+,23-13+,28-18-. The lowest BCUT2D eigenvalue weighted by Gasteiger charge is -2.27. The Hall–Kier alpha value is -2.75. The number of halogens is 1. The maximum Gasteiger partial charge on any atom is 0.306 e. The predicted octanol–water partition coefficient (Wildman–Crippen LogP) is 4.72. The summed E-state index contributed by atoms with van der Waals surface area (Å²) < 4.78 is 0. The number of carboxylic acid groups (broad SMARTS) is 1. The van der Waals surface area contributed by atoms with Crippen LogP contribution in [0.1, 0.15) is 59.8 Å². The van der Waals surface area contributed by atoms with E-state index < -0.39 is 42.2 Å². The lowest BCUT2D eigenvalue weighted by Crippen LogP contribution is -2.42. The van der Waals surface area contributed by atoms with Crippen molar-refractivity contribution in [2.75, 3.05) is 0 Å². The Morgan fingerprint density at radius 1 is 0.881 bits per heavy atom. The largest absolute Gasteiger partial charge is 0.481 e. The Morgan fingerprint density at radius 2 is 1.52 bits per heavy atom. The minimum Gasteiger partial charge on any atom is -0.481 e. The molecule has 0 spiro atoms. The smallest absolute Gasteiger partial charge is 0.306 e. The predicted molar refractivity (Wildman–Crippen MR) is 168 cm³/mol. The number of nitrogens with one attached hydrogen (secondary N) is 1. The zero-order valence-electron chi connectivity index (χ0n) is 25.0. The van der Waals surface area contributed by atoms with Gasteiger partial charge in [0.05, 0.1) is 24.2 Å². The van der Waals surface area contributed by atoms with Crippen molar-refractivity contribution in [3.63, 3.8) is 0 Å². The fourth-order valence-electron chi connectivity index (χ4n) is 4.34. The van der Waals surface area contributed by atoms with E-state index in [4.69, 9.17) is 11.6 Å². The molecule has 7 atom stereocenters. The van der Waals surface area contributed by atoms with Gasteiger partial charge in [0.2, 0.25) is 5.91 Å². The molecule has 6 N–H and O–H groups in total. The molecular weight excluding hydrogens is 558 g/mol. The number of allylic oxidation sites excluding steroid dienone is 11. The van der Waals surface area contributed by atoms with Crippen LogP contribution in [0.25, 0.3) is 0 Å². The number of hydrogen-bond donors (Lipinski definition) is 6. The van der Waals surface area contributed by atoms with Gasteiger partial charge < -0.3 is 30.8 Å². The Balaban J connectivity index is 2.53. The van der Waals surface area contributed by atoms with Gasteiger partial charge in [-0.2, -0.15) is 0 Å². The van der Waals surface area contributed by atoms with Gasteiger partial charge in [-0.05, 0) is 38.2 Å². The first-order valence-electron chi connectivity index (χ1n) is 14.5. The number of hydrogen-bond acceptors (Lipinski definition) is 6. The second-order valence-corrected chi connectivity index (χ2v) is 11.6. The molecule has 1 rings (SSSR count). The van der Waals surface area contributed by atoms with Crippen LogP contribution < -0.4 is 5.32 Å². The van der Waals surface area contributed by atoms with E-state index >= 15 is 0 Å². The summed E-state index contributed by atoms with van der Waals surface area (Å²) >= 11 is 6.31. The van der Waals surface area contributed by atoms with Crippen LogP contribution in [0, 0.1) is 17.8 Å². The first-order chi connectivity index (χ1) is 19.8. The number of carbonyl (C=O) groups is 2. The van der Waals surface area contributed by atoms with Gasteiger partial charge in [-0.3, -0.25) is 9.59 Å². The summed E-state index contributed by atoms with van der Waals surface area (Å²) in [5.74, 6) is -1.75. The third-order valence-electron chi connectivity index (χ3n) is 6.93. The number of aliphatic hydroxyl groups excluding tert-OH is 4. The van der Waals surface area contributed by atoms with Gasteiger partial charge in [0.15, 0.2) is 0 Å². The zero-order chi connectivity index (χ0) is 31.7. The van der Waals surface area contributed by atoms with Gasteiger partial charge in [-0.15, -0.1) is 0 Å². The molecule has 1 aliphatic rings. The summed E-state index contributed by atoms with van der Waals surface area (Å²) in [6.45, 7) is 7.56. The molecule has 8 nitrogen and oxygen atoms in total. The minimum absolute atomic E-state index is 0.123. The number of carbonyl (C=O) groups excluding carboxylic acids is 1. The summed E-state index contributed by atoms with van der Waals surface area (Å²) in [6.07, 6.45) is 17.7. The van der Waals surface area contributed by atoms with Crippen LogP contribution in [0.15, 0.2) is 83.5 Å². The van der Waals surface area contributed by atoms with E-state index in [9.17, 15) is 35.1 Å². The van der Waals surface area contributed by atoms with Crippen LogP contribution in [-0.2, 0) is 9.59 Å². The normalized spacial score (nSPS) is 22.9. The highest BCUT2D eigenvalue weighted by atomic mass is 35.5. The fraction of sp³-hybridized carbons (Fsp3) is 0.515. The van der Waals surface area contributed by atoms with Crippen LogP contribution >= 0.6 is 11.6 Å². The number of aliphatic carboxylic acids is 1. The lowest BCUT2D eigenvalue weighted by molar-refractivity contribution is -0.143. The van der Waals surface area contributed by atoms with Crippen molar-refractivity contribution in [2.45, 2.75) is 90.3 Å². The van der Waals surface area contributed by atoms with Crippen LogP contribution in [0.3, 0.4) is 0 Å². The Kier molecular flexibility index (Phi) is 17.9. The first kappa shape index (κ1) is 37.3. The topological polar surface area (TPSA) is 147 Å². The summed E-state index contributed by atoms with van der Waals surface area (Å²) in [6, 6.07) is -0.123. The molecular formula is C33H48ClNO7. The van der Waals surface area contributed by atoms with Gasteiger partial charge in [0, 0.05) is 29.5 Å². The molecule has 1 fully saturated rings. The molecule has 0 aromatic rings. The maximum absolute atomic E-state index is 12.1. The molecule has 1 saturated carbocycles. The average molecular weight is 606 g/mol. The van der Waals surface area contributed by atoms with Crippen LogP contribution in [0.5, 0.6) is 0 Å². The number of amides is 1. The molecule has 0 aromatic heterocycles. The molecule has 42 heavy (non-hydrogen) atoms. The molecule has 0 heterocycles. The molecule has 1 amide bonds. The molecule has 1 aliphatic carbocycles. The van der Waals surface area contributed by atoms with E-state index in [2.05, 4.69) is 5.32 Å². The van der Waals surface area contributed by atoms with Crippen LogP contribution in [0.4, 0.5) is 0 Å². The first-order valence-corrected chi connectivity index (χ1v) is 14.9. The minimum atomic E-state index is -1.49. The molecule has 0 aliphatic heterocycles. The Labute approximate surface area is 255 Å².